The molecule has 1 atom stereocenters. The Kier molecular flexibility index (Phi) is 3.01. The van der Waals surface area contributed by atoms with E-state index in [2.05, 4.69) is 5.32 Å². The molecule has 76 valence electrons. The second-order valence-electron chi connectivity index (χ2n) is 3.56. The first-order chi connectivity index (χ1) is 6.88. The smallest absolute Gasteiger partial charge is 0.0681 e. The number of hydrogen-bond acceptors (Lipinski definition) is 3. The van der Waals surface area contributed by atoms with Crippen molar-refractivity contribution in [3.63, 3.8) is 0 Å². The SMILES string of the molecule is OCc1ccc(NC2CCOC2)cc1. The van der Waals surface area contributed by atoms with Gasteiger partial charge in [-0.25, -0.2) is 0 Å². The zero-order chi connectivity index (χ0) is 9.80. The molecule has 0 bridgehead atoms. The molecule has 3 nitrogen and oxygen atoms in total. The van der Waals surface area contributed by atoms with E-state index >= 15 is 0 Å². The third-order valence-corrected chi connectivity index (χ3v) is 2.44. The summed E-state index contributed by atoms with van der Waals surface area (Å²) >= 11 is 0. The minimum absolute atomic E-state index is 0.104. The molecule has 1 unspecified atom stereocenters. The van der Waals surface area contributed by atoms with E-state index in [1.165, 1.54) is 0 Å². The van der Waals surface area contributed by atoms with E-state index in [1.54, 1.807) is 0 Å². The van der Waals surface area contributed by atoms with E-state index in [0.29, 0.717) is 6.04 Å². The van der Waals surface area contributed by atoms with E-state index in [4.69, 9.17) is 9.84 Å². The van der Waals surface area contributed by atoms with Crippen molar-refractivity contribution >= 4 is 5.69 Å². The van der Waals surface area contributed by atoms with Gasteiger partial charge in [-0.05, 0) is 24.1 Å². The molecule has 1 aromatic rings. The van der Waals surface area contributed by atoms with Gasteiger partial charge in [0.2, 0.25) is 0 Å². The third kappa shape index (κ3) is 2.25. The molecule has 1 aliphatic rings. The Labute approximate surface area is 83.7 Å². The maximum Gasteiger partial charge on any atom is 0.0681 e. The van der Waals surface area contributed by atoms with Gasteiger partial charge in [0, 0.05) is 12.3 Å². The van der Waals surface area contributed by atoms with Crippen molar-refractivity contribution in [1.82, 2.24) is 0 Å². The van der Waals surface area contributed by atoms with Crippen LogP contribution in [-0.2, 0) is 11.3 Å². The molecule has 0 saturated carbocycles. The molecule has 0 spiro atoms. The van der Waals surface area contributed by atoms with Crippen LogP contribution in [-0.4, -0.2) is 24.4 Å². The molecular formula is C11H15NO2. The summed E-state index contributed by atoms with van der Waals surface area (Å²) in [7, 11) is 0. The van der Waals surface area contributed by atoms with Crippen molar-refractivity contribution in [2.75, 3.05) is 18.5 Å². The van der Waals surface area contributed by atoms with E-state index in [1.807, 2.05) is 24.3 Å². The van der Waals surface area contributed by atoms with Crippen molar-refractivity contribution in [2.45, 2.75) is 19.1 Å². The third-order valence-electron chi connectivity index (χ3n) is 2.44. The molecule has 1 aliphatic heterocycles. The van der Waals surface area contributed by atoms with Gasteiger partial charge in [0.1, 0.15) is 0 Å². The lowest BCUT2D eigenvalue weighted by molar-refractivity contribution is 0.195. The second-order valence-corrected chi connectivity index (χ2v) is 3.56. The van der Waals surface area contributed by atoms with Crippen LogP contribution >= 0.6 is 0 Å². The molecule has 2 N–H and O–H groups in total. The Bertz CT molecular complexity index is 278. The summed E-state index contributed by atoms with van der Waals surface area (Å²) in [5.41, 5.74) is 2.04. The van der Waals surface area contributed by atoms with Gasteiger partial charge in [0.15, 0.2) is 0 Å². The fourth-order valence-electron chi connectivity index (χ4n) is 1.59. The first-order valence-electron chi connectivity index (χ1n) is 4.92. The second kappa shape index (κ2) is 4.44. The summed E-state index contributed by atoms with van der Waals surface area (Å²) in [4.78, 5) is 0. The molecule has 1 heterocycles. The van der Waals surface area contributed by atoms with Crippen LogP contribution in [0.1, 0.15) is 12.0 Å². The Morgan fingerprint density at radius 1 is 1.36 bits per heavy atom. The Morgan fingerprint density at radius 3 is 2.71 bits per heavy atom. The average Bonchev–Trinajstić information content (AvgIpc) is 2.72. The molecule has 0 radical (unpaired) electrons. The van der Waals surface area contributed by atoms with Crippen LogP contribution in [0.15, 0.2) is 24.3 Å². The van der Waals surface area contributed by atoms with Crippen molar-refractivity contribution in [1.29, 1.82) is 0 Å². The molecule has 1 saturated heterocycles. The molecule has 14 heavy (non-hydrogen) atoms. The van der Waals surface area contributed by atoms with Gasteiger partial charge in [0.25, 0.3) is 0 Å². The molecule has 1 fully saturated rings. The standard InChI is InChI=1S/C11H15NO2/c13-7-9-1-3-10(4-2-9)12-11-5-6-14-8-11/h1-4,11-13H,5-8H2. The fraction of sp³-hybridized carbons (Fsp3) is 0.455. The first-order valence-corrected chi connectivity index (χ1v) is 4.92. The van der Waals surface area contributed by atoms with E-state index < -0.39 is 0 Å². The quantitative estimate of drug-likeness (QED) is 0.762. The molecule has 0 amide bonds. The molecule has 1 aromatic carbocycles. The highest BCUT2D eigenvalue weighted by molar-refractivity contribution is 5.45. The zero-order valence-electron chi connectivity index (χ0n) is 8.07. The van der Waals surface area contributed by atoms with Gasteiger partial charge in [-0.3, -0.25) is 0 Å². The first kappa shape index (κ1) is 9.49. The lowest BCUT2D eigenvalue weighted by Crippen LogP contribution is -2.18. The Morgan fingerprint density at radius 2 is 2.14 bits per heavy atom. The van der Waals surface area contributed by atoms with E-state index in [-0.39, 0.29) is 6.61 Å². The lowest BCUT2D eigenvalue weighted by atomic mass is 10.2. The zero-order valence-corrected chi connectivity index (χ0v) is 8.07. The van der Waals surface area contributed by atoms with E-state index in [0.717, 1.165) is 30.9 Å². The van der Waals surface area contributed by atoms with Crippen molar-refractivity contribution < 1.29 is 9.84 Å². The van der Waals surface area contributed by atoms with E-state index in [9.17, 15) is 0 Å². The highest BCUT2D eigenvalue weighted by atomic mass is 16.5. The molecular weight excluding hydrogens is 178 g/mol. The predicted molar refractivity (Wildman–Crippen MR) is 55.2 cm³/mol. The van der Waals surface area contributed by atoms with Gasteiger partial charge < -0.3 is 15.2 Å². The predicted octanol–water partition coefficient (Wildman–Crippen LogP) is 1.38. The number of ether oxygens (including phenoxy) is 1. The highest BCUT2D eigenvalue weighted by Crippen LogP contribution is 2.14. The minimum atomic E-state index is 0.104. The van der Waals surface area contributed by atoms with Crippen LogP contribution in [0.3, 0.4) is 0 Å². The number of anilines is 1. The molecule has 2 rings (SSSR count). The molecule has 0 aliphatic carbocycles. The van der Waals surface area contributed by atoms with Crippen LogP contribution < -0.4 is 5.32 Å². The number of rotatable bonds is 3. The van der Waals surface area contributed by atoms with Gasteiger partial charge in [-0.2, -0.15) is 0 Å². The van der Waals surface area contributed by atoms with Gasteiger partial charge in [-0.15, -0.1) is 0 Å². The normalized spacial score (nSPS) is 21.1. The summed E-state index contributed by atoms with van der Waals surface area (Å²) < 4.78 is 5.27. The number of aliphatic hydroxyl groups is 1. The van der Waals surface area contributed by atoms with Crippen molar-refractivity contribution in [3.8, 4) is 0 Å². The number of nitrogens with one attached hydrogen (secondary N) is 1. The van der Waals surface area contributed by atoms with Crippen LogP contribution in [0.5, 0.6) is 0 Å². The number of hydrogen-bond donors (Lipinski definition) is 2. The maximum atomic E-state index is 8.87. The van der Waals surface area contributed by atoms with Crippen molar-refractivity contribution in [3.05, 3.63) is 29.8 Å². The summed E-state index contributed by atoms with van der Waals surface area (Å²) in [6.45, 7) is 1.75. The molecule has 0 aromatic heterocycles. The molecule has 3 heteroatoms. The van der Waals surface area contributed by atoms with Crippen LogP contribution in [0, 0.1) is 0 Å². The van der Waals surface area contributed by atoms with Crippen molar-refractivity contribution in [2.24, 2.45) is 0 Å². The highest BCUT2D eigenvalue weighted by Gasteiger charge is 2.14. The van der Waals surface area contributed by atoms with Gasteiger partial charge >= 0.3 is 0 Å². The van der Waals surface area contributed by atoms with Crippen LogP contribution in [0.25, 0.3) is 0 Å². The monoisotopic (exact) mass is 193 g/mol. The number of aliphatic hydroxyl groups excluding tert-OH is 1. The largest absolute Gasteiger partial charge is 0.392 e. The Hall–Kier alpha value is -1.06. The average molecular weight is 193 g/mol. The lowest BCUT2D eigenvalue weighted by Gasteiger charge is -2.12. The number of benzene rings is 1. The van der Waals surface area contributed by atoms with Gasteiger partial charge in [0.05, 0.1) is 19.3 Å². The van der Waals surface area contributed by atoms with Crippen LogP contribution in [0.2, 0.25) is 0 Å². The van der Waals surface area contributed by atoms with Gasteiger partial charge in [-0.1, -0.05) is 12.1 Å². The Balaban J connectivity index is 1.95. The summed E-state index contributed by atoms with van der Waals surface area (Å²) in [6.07, 6.45) is 1.07. The minimum Gasteiger partial charge on any atom is -0.392 e. The van der Waals surface area contributed by atoms with Crippen LogP contribution in [0.4, 0.5) is 5.69 Å². The maximum absolute atomic E-state index is 8.87. The summed E-state index contributed by atoms with van der Waals surface area (Å²) in [5, 5.41) is 12.3. The topological polar surface area (TPSA) is 41.5 Å². The summed E-state index contributed by atoms with van der Waals surface area (Å²) in [6, 6.07) is 8.28. The fourth-order valence-corrected chi connectivity index (χ4v) is 1.59. The summed E-state index contributed by atoms with van der Waals surface area (Å²) in [5.74, 6) is 0.